The maximum atomic E-state index is 14.5. The monoisotopic (exact) mass is 778 g/mol. The van der Waals surface area contributed by atoms with Gasteiger partial charge in [0.25, 0.3) is 5.91 Å². The highest BCUT2D eigenvalue weighted by Crippen LogP contribution is 2.60. The first-order chi connectivity index (χ1) is 25.3. The van der Waals surface area contributed by atoms with Crippen molar-refractivity contribution in [2.45, 2.75) is 88.6 Å². The Hall–Kier alpha value is -3.15. The van der Waals surface area contributed by atoms with Crippen LogP contribution in [0.2, 0.25) is 0 Å². The number of hydrogen-bond donors (Lipinski definition) is 1. The van der Waals surface area contributed by atoms with E-state index in [4.69, 9.17) is 9.47 Å². The largest absolute Gasteiger partial charge is 0.403 e. The summed E-state index contributed by atoms with van der Waals surface area (Å²) in [7, 11) is 0. The molecule has 3 atom stereocenters. The van der Waals surface area contributed by atoms with Crippen LogP contribution in [0, 0.1) is 22.2 Å². The minimum atomic E-state index is -4.66. The smallest absolute Gasteiger partial charge is 0.378 e. The third-order valence-corrected chi connectivity index (χ3v) is 14.5. The lowest BCUT2D eigenvalue weighted by Crippen LogP contribution is -2.67. The second-order valence-electron chi connectivity index (χ2n) is 16.2. The second-order valence-corrected chi connectivity index (χ2v) is 18.0. The van der Waals surface area contributed by atoms with E-state index in [0.29, 0.717) is 31.2 Å². The van der Waals surface area contributed by atoms with E-state index in [1.807, 2.05) is 5.38 Å². The minimum absolute atomic E-state index is 0.00795. The van der Waals surface area contributed by atoms with Crippen LogP contribution in [-0.2, 0) is 23.9 Å². The van der Waals surface area contributed by atoms with Crippen molar-refractivity contribution in [3.8, 4) is 0 Å². The summed E-state index contributed by atoms with van der Waals surface area (Å²) in [6, 6.07) is -1.04. The molecule has 288 valence electrons. The molecule has 2 aromatic rings. The third kappa shape index (κ3) is 6.77. The van der Waals surface area contributed by atoms with E-state index >= 15 is 0 Å². The quantitative estimate of drug-likeness (QED) is 0.382. The number of carbonyl (C=O) groups excluding carboxylic acids is 4. The lowest BCUT2D eigenvalue weighted by Gasteiger charge is -2.51. The van der Waals surface area contributed by atoms with Crippen LogP contribution >= 0.6 is 22.7 Å². The summed E-state index contributed by atoms with van der Waals surface area (Å²) in [6.07, 6.45) is 2.99. The van der Waals surface area contributed by atoms with Gasteiger partial charge >= 0.3 is 6.18 Å². The molecule has 5 saturated heterocycles. The van der Waals surface area contributed by atoms with Crippen molar-refractivity contribution in [3.63, 3.8) is 0 Å². The molecule has 7 fully saturated rings. The number of ether oxygens (including phenoxy) is 2. The van der Waals surface area contributed by atoms with Gasteiger partial charge < -0.3 is 29.5 Å². The van der Waals surface area contributed by atoms with Crippen LogP contribution in [0.5, 0.6) is 0 Å². The molecule has 0 aromatic carbocycles. The molecule has 9 rings (SSSR count). The van der Waals surface area contributed by atoms with Gasteiger partial charge in [0, 0.05) is 67.6 Å². The first kappa shape index (κ1) is 36.8. The fraction of sp³-hybridized carbons (Fsp3) is 0.722. The minimum Gasteiger partial charge on any atom is -0.378 e. The van der Waals surface area contributed by atoms with Crippen LogP contribution in [0.4, 0.5) is 13.2 Å². The molecule has 2 saturated carbocycles. The maximum Gasteiger partial charge on any atom is 0.403 e. The van der Waals surface area contributed by atoms with E-state index in [0.717, 1.165) is 54.9 Å². The summed E-state index contributed by atoms with van der Waals surface area (Å²) in [5.74, 6) is -2.68. The number of piperidine rings is 1. The van der Waals surface area contributed by atoms with Crippen molar-refractivity contribution >= 4 is 46.3 Å². The molecule has 2 aromatic heterocycles. The van der Waals surface area contributed by atoms with Gasteiger partial charge in [0.05, 0.1) is 48.1 Å². The van der Waals surface area contributed by atoms with Gasteiger partial charge in [-0.05, 0) is 58.3 Å². The van der Waals surface area contributed by atoms with Gasteiger partial charge in [0.15, 0.2) is 0 Å². The van der Waals surface area contributed by atoms with Crippen LogP contribution in [0.15, 0.2) is 23.3 Å². The average Bonchev–Trinajstić information content (AvgIpc) is 3.50. The molecule has 1 spiro atoms. The summed E-state index contributed by atoms with van der Waals surface area (Å²) in [6.45, 7) is 3.65. The summed E-state index contributed by atoms with van der Waals surface area (Å²) in [4.78, 5) is 68.9. The average molecular weight is 779 g/mol. The molecule has 0 radical (unpaired) electrons. The van der Waals surface area contributed by atoms with Gasteiger partial charge in [-0.2, -0.15) is 13.2 Å². The maximum absolute atomic E-state index is 14.5. The Labute approximate surface area is 313 Å². The van der Waals surface area contributed by atoms with Crippen molar-refractivity contribution < 1.29 is 41.8 Å². The zero-order valence-electron chi connectivity index (χ0n) is 29.6. The number of halogens is 3. The van der Waals surface area contributed by atoms with Crippen LogP contribution in [-0.4, -0.2) is 125 Å². The molecule has 12 nitrogen and oxygen atoms in total. The summed E-state index contributed by atoms with van der Waals surface area (Å²) in [5.41, 5.74) is -1.96. The Morgan fingerprint density at radius 3 is 2.32 bits per heavy atom. The molecule has 2 bridgehead atoms. The molecule has 17 heteroatoms. The van der Waals surface area contributed by atoms with E-state index in [9.17, 15) is 32.3 Å². The number of nitrogens with one attached hydrogen (secondary N) is 1. The van der Waals surface area contributed by atoms with Crippen molar-refractivity contribution in [1.29, 1.82) is 0 Å². The zero-order valence-corrected chi connectivity index (χ0v) is 31.3. The summed E-state index contributed by atoms with van der Waals surface area (Å²) in [5, 5.41) is 6.01. The summed E-state index contributed by atoms with van der Waals surface area (Å²) >= 11 is 2.76. The molecule has 4 amide bonds. The van der Waals surface area contributed by atoms with Crippen molar-refractivity contribution in [3.05, 3.63) is 33.2 Å². The van der Waals surface area contributed by atoms with E-state index in [1.54, 1.807) is 29.4 Å². The molecule has 1 N–H and O–H groups in total. The summed E-state index contributed by atoms with van der Waals surface area (Å²) < 4.78 is 54.2. The predicted molar refractivity (Wildman–Crippen MR) is 187 cm³/mol. The Balaban J connectivity index is 1.01. The van der Waals surface area contributed by atoms with E-state index in [-0.39, 0.29) is 68.3 Å². The number of carbonyl (C=O) groups is 4. The standard InChI is InChI=1S/C36H45F3N6O6S2/c1-22(50-19-33-6-2-24(3-7-33)51-20-33)27(31(48)43-11-4-23(5-12-43)29-41-10-13-52-29)42-28(46)25-15-44(30(47)26-14-40-21-53-26)16-34(25)17-45(18-34)32(49)35(8-9-35)36(37,38)39/h10,13-14,21-25,27H,2-9,11-12,15-20H2,1H3,(H,42,46)/t22-,24?,25+,27+,33?/m1/s1. The topological polar surface area (TPSA) is 134 Å². The SMILES string of the molecule is C[C@@H](OCC12CCC(CC1)OC2)[C@H](NC(=O)[C@@H]1CN(C(=O)c2cncs2)CC12CN(C(=O)C1(C(F)(F)F)CC1)C2)C(=O)N1CCC(c2nccs2)CC1. The first-order valence-corrected chi connectivity index (χ1v) is 20.3. The number of nitrogens with zero attached hydrogens (tertiary/aromatic N) is 5. The van der Waals surface area contributed by atoms with Crippen molar-refractivity contribution in [1.82, 2.24) is 30.0 Å². The van der Waals surface area contributed by atoms with Gasteiger partial charge in [0.1, 0.15) is 16.3 Å². The van der Waals surface area contributed by atoms with Gasteiger partial charge in [-0.15, -0.1) is 22.7 Å². The number of alkyl halides is 3. The molecular formula is C36H45F3N6O6S2. The number of thiazole rings is 2. The van der Waals surface area contributed by atoms with Crippen molar-refractivity contribution in [2.24, 2.45) is 22.2 Å². The van der Waals surface area contributed by atoms with Crippen LogP contribution in [0.1, 0.15) is 78.9 Å². The van der Waals surface area contributed by atoms with Crippen LogP contribution in [0.3, 0.4) is 0 Å². The van der Waals surface area contributed by atoms with Gasteiger partial charge in [0.2, 0.25) is 17.7 Å². The van der Waals surface area contributed by atoms with Crippen molar-refractivity contribution in [2.75, 3.05) is 52.5 Å². The van der Waals surface area contributed by atoms with Crippen LogP contribution < -0.4 is 5.32 Å². The van der Waals surface area contributed by atoms with E-state index in [2.05, 4.69) is 15.3 Å². The Bertz CT molecular complexity index is 1670. The molecule has 5 aliphatic heterocycles. The third-order valence-electron chi connectivity index (χ3n) is 12.8. The fourth-order valence-electron chi connectivity index (χ4n) is 9.20. The van der Waals surface area contributed by atoms with E-state index < -0.39 is 46.9 Å². The highest BCUT2D eigenvalue weighted by Gasteiger charge is 2.71. The molecule has 53 heavy (non-hydrogen) atoms. The lowest BCUT2D eigenvalue weighted by molar-refractivity contribution is -0.205. The Morgan fingerprint density at radius 1 is 1.02 bits per heavy atom. The number of rotatable bonds is 10. The van der Waals surface area contributed by atoms with Gasteiger partial charge in [-0.25, -0.2) is 4.98 Å². The first-order valence-electron chi connectivity index (χ1n) is 18.6. The fourth-order valence-corrected chi connectivity index (χ4v) is 10.6. The number of fused-ring (bicyclic) bond motifs is 3. The molecule has 7 aliphatic rings. The lowest BCUT2D eigenvalue weighted by atomic mass is 9.70. The van der Waals surface area contributed by atoms with Gasteiger partial charge in [-0.1, -0.05) is 0 Å². The normalized spacial score (nSPS) is 28.8. The second kappa shape index (κ2) is 13.9. The highest BCUT2D eigenvalue weighted by molar-refractivity contribution is 7.11. The number of likely N-dealkylation sites (tertiary alicyclic amines) is 3. The van der Waals surface area contributed by atoms with E-state index in [1.165, 1.54) is 21.5 Å². The predicted octanol–water partition coefficient (Wildman–Crippen LogP) is 4.10. The molecular weight excluding hydrogens is 734 g/mol. The Morgan fingerprint density at radius 2 is 1.74 bits per heavy atom. The molecule has 7 heterocycles. The number of aromatic nitrogens is 2. The highest BCUT2D eigenvalue weighted by atomic mass is 32.1. The number of amides is 4. The van der Waals surface area contributed by atoms with Gasteiger partial charge in [-0.3, -0.25) is 24.2 Å². The van der Waals surface area contributed by atoms with Crippen LogP contribution in [0.25, 0.3) is 0 Å². The molecule has 0 unspecified atom stereocenters. The zero-order chi connectivity index (χ0) is 37.2. The molecule has 2 aliphatic carbocycles. The Kier molecular flexibility index (Phi) is 9.62. The number of hydrogen-bond acceptors (Lipinski definition) is 10.